The lowest BCUT2D eigenvalue weighted by Gasteiger charge is -2.08. The molecule has 1 aromatic heterocycles. The number of amides is 1. The van der Waals surface area contributed by atoms with Crippen molar-refractivity contribution in [3.05, 3.63) is 69.0 Å². The average Bonchev–Trinajstić information content (AvgIpc) is 2.54. The van der Waals surface area contributed by atoms with E-state index in [1.165, 1.54) is 6.07 Å². The highest BCUT2D eigenvalue weighted by molar-refractivity contribution is 9.10. The Morgan fingerprint density at radius 2 is 1.92 bits per heavy atom. The number of benzene rings is 2. The quantitative estimate of drug-likeness (QED) is 0.689. The van der Waals surface area contributed by atoms with Crippen molar-refractivity contribution in [3.8, 4) is 5.75 Å². The monoisotopic (exact) mass is 387 g/mol. The van der Waals surface area contributed by atoms with Crippen LogP contribution >= 0.6 is 15.9 Å². The maximum Gasteiger partial charge on any atom is 0.336 e. The van der Waals surface area contributed by atoms with Crippen molar-refractivity contribution in [2.45, 2.75) is 6.92 Å². The fourth-order valence-corrected chi connectivity index (χ4v) is 2.54. The summed E-state index contributed by atoms with van der Waals surface area (Å²) in [5.41, 5.74) is 1.40. The molecule has 0 spiro atoms. The molecule has 0 unspecified atom stereocenters. The van der Waals surface area contributed by atoms with Gasteiger partial charge in [-0.05, 0) is 48.9 Å². The second-order valence-corrected chi connectivity index (χ2v) is 6.17. The Morgan fingerprint density at radius 3 is 2.67 bits per heavy atom. The lowest BCUT2D eigenvalue weighted by atomic mass is 10.1. The Bertz CT molecular complexity index is 947. The van der Waals surface area contributed by atoms with Crippen molar-refractivity contribution in [2.24, 2.45) is 0 Å². The number of rotatable bonds is 4. The lowest BCUT2D eigenvalue weighted by Crippen LogP contribution is -2.20. The summed E-state index contributed by atoms with van der Waals surface area (Å²) >= 11 is 3.33. The van der Waals surface area contributed by atoms with Crippen LogP contribution in [0.2, 0.25) is 0 Å². The van der Waals surface area contributed by atoms with Crippen LogP contribution in [0.3, 0.4) is 0 Å². The molecule has 0 bridgehead atoms. The van der Waals surface area contributed by atoms with Crippen molar-refractivity contribution in [3.63, 3.8) is 0 Å². The Labute approximate surface area is 146 Å². The first-order valence-corrected chi connectivity index (χ1v) is 8.03. The standard InChI is InChI=1S/C18H14BrNO4/c1-11-8-18(22)24-16-9-13(4-7-15(11)16)20-17(21)10-23-14-5-2-12(19)3-6-14/h2-9H,10H2,1H3,(H,20,21). The zero-order valence-electron chi connectivity index (χ0n) is 12.8. The molecule has 1 N–H and O–H groups in total. The van der Waals surface area contributed by atoms with Crippen molar-refractivity contribution >= 4 is 38.5 Å². The highest BCUT2D eigenvalue weighted by Crippen LogP contribution is 2.21. The smallest absolute Gasteiger partial charge is 0.336 e. The summed E-state index contributed by atoms with van der Waals surface area (Å²) in [6.45, 7) is 1.72. The van der Waals surface area contributed by atoms with E-state index in [0.29, 0.717) is 17.0 Å². The number of anilines is 1. The first-order valence-electron chi connectivity index (χ1n) is 7.24. The van der Waals surface area contributed by atoms with Crippen LogP contribution in [0.25, 0.3) is 11.0 Å². The molecule has 6 heteroatoms. The molecular formula is C18H14BrNO4. The summed E-state index contributed by atoms with van der Waals surface area (Å²) in [4.78, 5) is 23.4. The zero-order chi connectivity index (χ0) is 17.1. The van der Waals surface area contributed by atoms with Crippen LogP contribution in [0.15, 0.2) is 62.2 Å². The van der Waals surface area contributed by atoms with E-state index in [1.54, 1.807) is 30.3 Å². The maximum atomic E-state index is 12.0. The lowest BCUT2D eigenvalue weighted by molar-refractivity contribution is -0.118. The van der Waals surface area contributed by atoms with Crippen molar-refractivity contribution in [1.29, 1.82) is 0 Å². The highest BCUT2D eigenvalue weighted by atomic mass is 79.9. The normalized spacial score (nSPS) is 10.6. The third-order valence-corrected chi connectivity index (χ3v) is 3.95. The number of halogens is 1. The van der Waals surface area contributed by atoms with Gasteiger partial charge in [-0.15, -0.1) is 0 Å². The molecule has 0 aliphatic carbocycles. The molecule has 0 radical (unpaired) electrons. The topological polar surface area (TPSA) is 68.5 Å². The van der Waals surface area contributed by atoms with Gasteiger partial charge in [0.05, 0.1) is 0 Å². The predicted octanol–water partition coefficient (Wildman–Crippen LogP) is 3.88. The molecule has 122 valence electrons. The van der Waals surface area contributed by atoms with Gasteiger partial charge >= 0.3 is 5.63 Å². The molecule has 1 amide bonds. The minimum absolute atomic E-state index is 0.114. The number of carbonyl (C=O) groups excluding carboxylic acids is 1. The van der Waals surface area contributed by atoms with Crippen molar-refractivity contribution < 1.29 is 13.9 Å². The van der Waals surface area contributed by atoms with Crippen LogP contribution in [0.5, 0.6) is 5.75 Å². The summed E-state index contributed by atoms with van der Waals surface area (Å²) in [7, 11) is 0. The van der Waals surface area contributed by atoms with Gasteiger partial charge in [0.15, 0.2) is 6.61 Å². The van der Waals surface area contributed by atoms with Gasteiger partial charge in [-0.3, -0.25) is 4.79 Å². The molecular weight excluding hydrogens is 374 g/mol. The molecule has 0 aliphatic heterocycles. The molecule has 24 heavy (non-hydrogen) atoms. The maximum absolute atomic E-state index is 12.0. The fraction of sp³-hybridized carbons (Fsp3) is 0.111. The largest absolute Gasteiger partial charge is 0.484 e. The van der Waals surface area contributed by atoms with Gasteiger partial charge in [-0.25, -0.2) is 4.79 Å². The summed E-state index contributed by atoms with van der Waals surface area (Å²) in [5, 5.41) is 3.55. The molecule has 0 fully saturated rings. The van der Waals surface area contributed by atoms with E-state index < -0.39 is 5.63 Å². The van der Waals surface area contributed by atoms with Crippen LogP contribution in [0, 0.1) is 6.92 Å². The summed E-state index contributed by atoms with van der Waals surface area (Å²) in [5.74, 6) is 0.306. The second kappa shape index (κ2) is 6.88. The molecule has 3 aromatic rings. The molecule has 3 rings (SSSR count). The van der Waals surface area contributed by atoms with Gasteiger partial charge in [0.25, 0.3) is 5.91 Å². The van der Waals surface area contributed by atoms with Gasteiger partial charge in [-0.1, -0.05) is 15.9 Å². The molecule has 0 saturated heterocycles. The predicted molar refractivity (Wildman–Crippen MR) is 95.5 cm³/mol. The SMILES string of the molecule is Cc1cc(=O)oc2cc(NC(=O)COc3ccc(Br)cc3)ccc12. The van der Waals surface area contributed by atoms with E-state index in [1.807, 2.05) is 19.1 Å². The third-order valence-electron chi connectivity index (χ3n) is 3.42. The van der Waals surface area contributed by atoms with E-state index in [9.17, 15) is 9.59 Å². The molecule has 2 aromatic carbocycles. The van der Waals surface area contributed by atoms with Crippen LogP contribution in [0.4, 0.5) is 5.69 Å². The van der Waals surface area contributed by atoms with E-state index in [4.69, 9.17) is 9.15 Å². The number of carbonyl (C=O) groups is 1. The third kappa shape index (κ3) is 3.83. The van der Waals surface area contributed by atoms with Crippen LogP contribution in [-0.2, 0) is 4.79 Å². The summed E-state index contributed by atoms with van der Waals surface area (Å²) < 4.78 is 11.5. The number of hydrogen-bond acceptors (Lipinski definition) is 4. The van der Waals surface area contributed by atoms with Gasteiger partial charge in [0.1, 0.15) is 11.3 Å². The fourth-order valence-electron chi connectivity index (χ4n) is 2.28. The van der Waals surface area contributed by atoms with Crippen LogP contribution in [-0.4, -0.2) is 12.5 Å². The number of aryl methyl sites for hydroxylation is 1. The van der Waals surface area contributed by atoms with Crippen LogP contribution in [0.1, 0.15) is 5.56 Å². The van der Waals surface area contributed by atoms with Gasteiger partial charge in [0, 0.05) is 27.7 Å². The first-order chi connectivity index (χ1) is 11.5. The van der Waals surface area contributed by atoms with E-state index >= 15 is 0 Å². The summed E-state index contributed by atoms with van der Waals surface area (Å²) in [6.07, 6.45) is 0. The minimum atomic E-state index is -0.415. The average molecular weight is 388 g/mol. The Kier molecular flexibility index (Phi) is 4.66. The first kappa shape index (κ1) is 16.3. The number of hydrogen-bond donors (Lipinski definition) is 1. The molecule has 5 nitrogen and oxygen atoms in total. The van der Waals surface area contributed by atoms with Crippen molar-refractivity contribution in [2.75, 3.05) is 11.9 Å². The van der Waals surface area contributed by atoms with E-state index in [2.05, 4.69) is 21.2 Å². The number of fused-ring (bicyclic) bond motifs is 1. The summed E-state index contributed by atoms with van der Waals surface area (Å²) in [6, 6.07) is 13.8. The Balaban J connectivity index is 1.69. The van der Waals surface area contributed by atoms with Crippen molar-refractivity contribution in [1.82, 2.24) is 0 Å². The second-order valence-electron chi connectivity index (χ2n) is 5.25. The number of nitrogens with one attached hydrogen (secondary N) is 1. The van der Waals surface area contributed by atoms with E-state index in [0.717, 1.165) is 15.4 Å². The Hall–Kier alpha value is -2.60. The van der Waals surface area contributed by atoms with Crippen LogP contribution < -0.4 is 15.7 Å². The van der Waals surface area contributed by atoms with Gasteiger partial charge in [-0.2, -0.15) is 0 Å². The number of ether oxygens (including phenoxy) is 1. The molecule has 0 aliphatic rings. The molecule has 1 heterocycles. The molecule has 0 atom stereocenters. The van der Waals surface area contributed by atoms with Gasteiger partial charge in [0.2, 0.25) is 0 Å². The Morgan fingerprint density at radius 1 is 1.17 bits per heavy atom. The van der Waals surface area contributed by atoms with E-state index in [-0.39, 0.29) is 12.5 Å². The highest BCUT2D eigenvalue weighted by Gasteiger charge is 2.07. The van der Waals surface area contributed by atoms with Gasteiger partial charge < -0.3 is 14.5 Å². The minimum Gasteiger partial charge on any atom is -0.484 e. The molecule has 0 saturated carbocycles. The zero-order valence-corrected chi connectivity index (χ0v) is 14.4.